The van der Waals surface area contributed by atoms with Crippen molar-refractivity contribution in [2.24, 2.45) is 0 Å². The Morgan fingerprint density at radius 1 is 1.11 bits per heavy atom. The number of amides is 1. The lowest BCUT2D eigenvalue weighted by atomic mass is 9.94. The summed E-state index contributed by atoms with van der Waals surface area (Å²) >= 11 is 8.96. The van der Waals surface area contributed by atoms with Gasteiger partial charge < -0.3 is 15.4 Å². The van der Waals surface area contributed by atoms with Crippen LogP contribution in [0.4, 0.5) is 0 Å². The molecule has 1 atom stereocenters. The summed E-state index contributed by atoms with van der Waals surface area (Å²) < 4.78 is 30.3. The molecule has 4 rings (SSSR count). The average molecular weight is 667 g/mol. The number of alkyl halides is 1. The zero-order chi connectivity index (χ0) is 27.3. The summed E-state index contributed by atoms with van der Waals surface area (Å²) in [5, 5.41) is 6.56. The van der Waals surface area contributed by atoms with Crippen molar-refractivity contribution in [3.8, 4) is 0 Å². The summed E-state index contributed by atoms with van der Waals surface area (Å²) in [6.07, 6.45) is 1.88. The highest BCUT2D eigenvalue weighted by Gasteiger charge is 2.28. The highest BCUT2D eigenvalue weighted by atomic mass is 127. The molecule has 1 aliphatic rings. The third-order valence-electron chi connectivity index (χ3n) is 6.36. The fourth-order valence-electron chi connectivity index (χ4n) is 4.41. The second-order valence-corrected chi connectivity index (χ2v) is 12.3. The summed E-state index contributed by atoms with van der Waals surface area (Å²) in [5.74, 6) is -1.09. The van der Waals surface area contributed by atoms with Gasteiger partial charge in [-0.3, -0.25) is 4.79 Å². The maximum atomic E-state index is 13.6. The fourth-order valence-corrected chi connectivity index (χ4v) is 6.13. The normalized spacial score (nSPS) is 13.9. The van der Waals surface area contributed by atoms with E-state index >= 15 is 0 Å². The van der Waals surface area contributed by atoms with Gasteiger partial charge in [0.15, 0.2) is 9.84 Å². The molecule has 38 heavy (non-hydrogen) atoms. The topological polar surface area (TPSA) is 102 Å². The smallest absolute Gasteiger partial charge is 0.329 e. The number of carbonyl (C=O) groups excluding carboxylic acids is 2. The number of ether oxygens (including phenoxy) is 1. The van der Waals surface area contributed by atoms with E-state index in [1.807, 2.05) is 36.4 Å². The molecule has 0 bridgehead atoms. The number of hydrogen-bond donors (Lipinski definition) is 2. The first-order chi connectivity index (χ1) is 18.2. The first-order valence-electron chi connectivity index (χ1n) is 12.1. The summed E-state index contributed by atoms with van der Waals surface area (Å²) in [7, 11) is -3.44. The van der Waals surface area contributed by atoms with Crippen molar-refractivity contribution in [3.05, 3.63) is 99.1 Å². The van der Waals surface area contributed by atoms with Gasteiger partial charge in [0.05, 0.1) is 15.5 Å². The third-order valence-corrected chi connectivity index (χ3v) is 8.71. The Hall–Kier alpha value is -2.47. The summed E-state index contributed by atoms with van der Waals surface area (Å²) in [4.78, 5) is 27.0. The highest BCUT2D eigenvalue weighted by Crippen LogP contribution is 2.32. The van der Waals surface area contributed by atoms with Crippen LogP contribution in [0, 0.1) is 0 Å². The maximum Gasteiger partial charge on any atom is 0.329 e. The van der Waals surface area contributed by atoms with Gasteiger partial charge in [-0.2, -0.15) is 0 Å². The molecule has 0 radical (unpaired) electrons. The van der Waals surface area contributed by atoms with Crippen LogP contribution in [-0.2, 0) is 49.8 Å². The predicted octanol–water partition coefficient (Wildman–Crippen LogP) is 4.41. The molecule has 200 valence electrons. The largest absolute Gasteiger partial charge is 0.459 e. The van der Waals surface area contributed by atoms with E-state index in [-0.39, 0.29) is 17.9 Å². The molecule has 0 aliphatic carbocycles. The maximum absolute atomic E-state index is 13.6. The van der Waals surface area contributed by atoms with Crippen LogP contribution in [-0.4, -0.2) is 39.1 Å². The molecule has 0 unspecified atom stereocenters. The number of esters is 1. The minimum Gasteiger partial charge on any atom is -0.459 e. The van der Waals surface area contributed by atoms with E-state index in [4.69, 9.17) is 16.3 Å². The predicted molar refractivity (Wildman–Crippen MR) is 155 cm³/mol. The Balaban J connectivity index is 1.63. The molecule has 0 saturated heterocycles. The zero-order valence-electron chi connectivity index (χ0n) is 20.8. The summed E-state index contributed by atoms with van der Waals surface area (Å²) in [6.45, 7) is 1.50. The molecular weight excluding hydrogens is 639 g/mol. The van der Waals surface area contributed by atoms with Gasteiger partial charge in [0.2, 0.25) is 0 Å². The van der Waals surface area contributed by atoms with E-state index < -0.39 is 27.8 Å². The second-order valence-electron chi connectivity index (χ2n) is 9.17. The number of fused-ring (bicyclic) bond motifs is 1. The van der Waals surface area contributed by atoms with Crippen molar-refractivity contribution in [1.82, 2.24) is 10.6 Å². The minimum absolute atomic E-state index is 0.0427. The number of nitrogens with one attached hydrogen (secondary N) is 2. The van der Waals surface area contributed by atoms with Crippen LogP contribution in [0.5, 0.6) is 0 Å². The van der Waals surface area contributed by atoms with E-state index in [1.165, 1.54) is 12.1 Å². The number of sulfone groups is 1. The molecule has 3 aromatic rings. The van der Waals surface area contributed by atoms with Crippen LogP contribution in [0.15, 0.2) is 65.6 Å². The first kappa shape index (κ1) is 28.5. The molecule has 0 aromatic heterocycles. The van der Waals surface area contributed by atoms with Gasteiger partial charge in [-0.05, 0) is 52.9 Å². The Morgan fingerprint density at radius 2 is 1.84 bits per heavy atom. The van der Waals surface area contributed by atoms with Crippen molar-refractivity contribution in [2.75, 3.05) is 12.8 Å². The van der Waals surface area contributed by atoms with Crippen molar-refractivity contribution in [1.29, 1.82) is 0 Å². The molecule has 3 aromatic carbocycles. The van der Waals surface area contributed by atoms with Crippen LogP contribution >= 0.6 is 34.2 Å². The molecule has 1 heterocycles. The lowest BCUT2D eigenvalue weighted by molar-refractivity contribution is -0.147. The van der Waals surface area contributed by atoms with E-state index in [1.54, 1.807) is 12.1 Å². The van der Waals surface area contributed by atoms with Crippen molar-refractivity contribution in [3.63, 3.8) is 0 Å². The molecule has 2 N–H and O–H groups in total. The van der Waals surface area contributed by atoms with Gasteiger partial charge in [0.1, 0.15) is 12.6 Å². The van der Waals surface area contributed by atoms with Gasteiger partial charge >= 0.3 is 5.97 Å². The first-order valence-corrected chi connectivity index (χ1v) is 15.9. The number of halogens is 2. The quantitative estimate of drug-likeness (QED) is 0.200. The SMILES string of the molecule is CS(=O)(=O)c1cccc(C[C@H](NC(=O)c2c(CI)cc3c(c2Cl)CCNC3)C(=O)OCc2ccccc2)c1. The summed E-state index contributed by atoms with van der Waals surface area (Å²) in [6, 6.07) is 16.5. The number of hydrogen-bond acceptors (Lipinski definition) is 6. The van der Waals surface area contributed by atoms with Gasteiger partial charge in [0, 0.05) is 23.6 Å². The van der Waals surface area contributed by atoms with E-state index in [9.17, 15) is 18.0 Å². The zero-order valence-corrected chi connectivity index (χ0v) is 24.5. The number of rotatable bonds is 9. The second kappa shape index (κ2) is 12.6. The average Bonchev–Trinajstić information content (AvgIpc) is 2.91. The number of carbonyl (C=O) groups is 2. The lowest BCUT2D eigenvalue weighted by Gasteiger charge is -2.24. The number of benzene rings is 3. The van der Waals surface area contributed by atoms with E-state index in [2.05, 4.69) is 33.2 Å². The Bertz CT molecular complexity index is 1450. The fraction of sp³-hybridized carbons (Fsp3) is 0.286. The van der Waals surface area contributed by atoms with Gasteiger partial charge in [-0.15, -0.1) is 0 Å². The molecule has 10 heteroatoms. The minimum atomic E-state index is -3.44. The van der Waals surface area contributed by atoms with Crippen molar-refractivity contribution >= 4 is 55.9 Å². The molecular formula is C28H28ClIN2O5S. The molecule has 0 saturated carbocycles. The summed E-state index contributed by atoms with van der Waals surface area (Å²) in [5.41, 5.74) is 4.53. The monoisotopic (exact) mass is 666 g/mol. The molecule has 7 nitrogen and oxygen atoms in total. The van der Waals surface area contributed by atoms with E-state index in [0.29, 0.717) is 33.5 Å². The Labute approximate surface area is 241 Å². The van der Waals surface area contributed by atoms with Crippen LogP contribution in [0.2, 0.25) is 5.02 Å². The molecule has 1 amide bonds. The van der Waals surface area contributed by atoms with Crippen molar-refractivity contribution < 1.29 is 22.7 Å². The van der Waals surface area contributed by atoms with Gasteiger partial charge in [-0.25, -0.2) is 13.2 Å². The highest BCUT2D eigenvalue weighted by molar-refractivity contribution is 14.1. The lowest BCUT2D eigenvalue weighted by Crippen LogP contribution is -2.44. The van der Waals surface area contributed by atoms with Gasteiger partial charge in [0.25, 0.3) is 5.91 Å². The van der Waals surface area contributed by atoms with Crippen LogP contribution in [0.3, 0.4) is 0 Å². The van der Waals surface area contributed by atoms with Crippen molar-refractivity contribution in [2.45, 2.75) is 41.4 Å². The standard InChI is InChI=1S/C28H28ClIN2O5S/c1-38(35,36)22-9-5-8-19(12-22)13-24(28(34)37-17-18-6-3-2-4-7-18)32-27(33)25-20(15-30)14-21-16-31-11-10-23(21)26(25)29/h2-9,12,14,24,31H,10-11,13,15-17H2,1H3,(H,32,33)/t24-/m0/s1. The molecule has 0 spiro atoms. The molecule has 0 fully saturated rings. The van der Waals surface area contributed by atoms with Gasteiger partial charge in [-0.1, -0.05) is 82.7 Å². The molecule has 1 aliphatic heterocycles. The Kier molecular flexibility index (Phi) is 9.45. The van der Waals surface area contributed by atoms with E-state index in [0.717, 1.165) is 35.1 Å². The van der Waals surface area contributed by atoms with Crippen LogP contribution in [0.1, 0.15) is 38.2 Å². The Morgan fingerprint density at radius 3 is 2.55 bits per heavy atom. The van der Waals surface area contributed by atoms with Crippen LogP contribution in [0.25, 0.3) is 0 Å². The third kappa shape index (κ3) is 6.93. The van der Waals surface area contributed by atoms with Crippen LogP contribution < -0.4 is 10.6 Å².